The number of aryl methyl sites for hydroxylation is 1. The molecule has 3 aromatic rings. The van der Waals surface area contributed by atoms with Gasteiger partial charge in [-0.1, -0.05) is 54.1 Å². The number of allylic oxidation sites excluding steroid dienone is 2. The second kappa shape index (κ2) is 6.97. The van der Waals surface area contributed by atoms with E-state index < -0.39 is 23.6 Å². The van der Waals surface area contributed by atoms with Crippen LogP contribution in [0.1, 0.15) is 29.0 Å². The molecule has 2 N–H and O–H groups in total. The Morgan fingerprint density at radius 2 is 1.79 bits per heavy atom. The SMILES string of the molecule is Cc1ccc(O)c(C2=CC(=O)C(C(=O)O)C(c3cccc4ccccc34)C2)c1. The van der Waals surface area contributed by atoms with Crippen LogP contribution in [0.2, 0.25) is 0 Å². The monoisotopic (exact) mass is 372 g/mol. The molecule has 0 saturated carbocycles. The third kappa shape index (κ3) is 3.07. The van der Waals surface area contributed by atoms with Gasteiger partial charge in [-0.3, -0.25) is 9.59 Å². The topological polar surface area (TPSA) is 74.6 Å². The summed E-state index contributed by atoms with van der Waals surface area (Å²) in [4.78, 5) is 24.7. The number of carbonyl (C=O) groups is 2. The zero-order valence-corrected chi connectivity index (χ0v) is 15.4. The first-order chi connectivity index (χ1) is 13.5. The average Bonchev–Trinajstić information content (AvgIpc) is 2.68. The Kier molecular flexibility index (Phi) is 4.47. The van der Waals surface area contributed by atoms with E-state index in [4.69, 9.17) is 0 Å². The molecule has 4 heteroatoms. The number of hydrogen-bond donors (Lipinski definition) is 2. The van der Waals surface area contributed by atoms with E-state index in [0.29, 0.717) is 17.6 Å². The summed E-state index contributed by atoms with van der Waals surface area (Å²) in [6, 6.07) is 18.8. The highest BCUT2D eigenvalue weighted by Crippen LogP contribution is 2.43. The molecule has 0 amide bonds. The molecule has 28 heavy (non-hydrogen) atoms. The number of carbonyl (C=O) groups excluding carboxylic acids is 1. The van der Waals surface area contributed by atoms with Gasteiger partial charge in [-0.2, -0.15) is 0 Å². The van der Waals surface area contributed by atoms with E-state index in [9.17, 15) is 19.8 Å². The van der Waals surface area contributed by atoms with Gasteiger partial charge in [-0.25, -0.2) is 0 Å². The minimum atomic E-state index is -1.14. The van der Waals surface area contributed by atoms with Crippen molar-refractivity contribution in [1.82, 2.24) is 0 Å². The predicted octanol–water partition coefficient (Wildman–Crippen LogP) is 4.69. The molecule has 0 fully saturated rings. The minimum absolute atomic E-state index is 0.0927. The van der Waals surface area contributed by atoms with E-state index in [0.717, 1.165) is 21.9 Å². The molecule has 1 aliphatic rings. The van der Waals surface area contributed by atoms with Gasteiger partial charge in [-0.05, 0) is 53.5 Å². The Morgan fingerprint density at radius 3 is 2.57 bits per heavy atom. The summed E-state index contributed by atoms with van der Waals surface area (Å²) in [5.41, 5.74) is 3.06. The molecule has 0 aliphatic heterocycles. The van der Waals surface area contributed by atoms with Crippen LogP contribution in [0.5, 0.6) is 5.75 Å². The lowest BCUT2D eigenvalue weighted by atomic mass is 9.72. The van der Waals surface area contributed by atoms with Crippen molar-refractivity contribution in [3.05, 3.63) is 83.4 Å². The maximum atomic E-state index is 12.8. The molecule has 0 radical (unpaired) electrons. The zero-order valence-electron chi connectivity index (χ0n) is 15.4. The molecule has 2 unspecified atom stereocenters. The molecular formula is C24H20O4. The maximum absolute atomic E-state index is 12.8. The fourth-order valence-corrected chi connectivity index (χ4v) is 4.13. The van der Waals surface area contributed by atoms with E-state index >= 15 is 0 Å². The molecule has 0 saturated heterocycles. The van der Waals surface area contributed by atoms with Crippen LogP contribution in [-0.4, -0.2) is 22.0 Å². The first-order valence-electron chi connectivity index (χ1n) is 9.20. The number of carboxylic acid groups (broad SMARTS) is 1. The van der Waals surface area contributed by atoms with Crippen molar-refractivity contribution in [1.29, 1.82) is 0 Å². The lowest BCUT2D eigenvalue weighted by Crippen LogP contribution is -2.32. The zero-order chi connectivity index (χ0) is 19.8. The van der Waals surface area contributed by atoms with Crippen molar-refractivity contribution in [2.24, 2.45) is 5.92 Å². The lowest BCUT2D eigenvalue weighted by molar-refractivity contribution is -0.146. The van der Waals surface area contributed by atoms with E-state index in [1.165, 1.54) is 6.08 Å². The molecule has 3 aromatic carbocycles. The van der Waals surface area contributed by atoms with Crippen molar-refractivity contribution in [2.45, 2.75) is 19.3 Å². The van der Waals surface area contributed by atoms with E-state index in [-0.39, 0.29) is 5.75 Å². The molecule has 4 nitrogen and oxygen atoms in total. The summed E-state index contributed by atoms with van der Waals surface area (Å²) in [6.07, 6.45) is 1.75. The third-order valence-corrected chi connectivity index (χ3v) is 5.45. The van der Waals surface area contributed by atoms with Gasteiger partial charge < -0.3 is 10.2 Å². The molecule has 1 aliphatic carbocycles. The summed E-state index contributed by atoms with van der Waals surface area (Å²) in [5, 5.41) is 22.0. The van der Waals surface area contributed by atoms with Crippen molar-refractivity contribution < 1.29 is 19.8 Å². The Morgan fingerprint density at radius 1 is 1.04 bits per heavy atom. The van der Waals surface area contributed by atoms with Crippen LogP contribution in [0.3, 0.4) is 0 Å². The van der Waals surface area contributed by atoms with Crippen molar-refractivity contribution in [3.8, 4) is 5.75 Å². The number of fused-ring (bicyclic) bond motifs is 1. The number of ketones is 1. The van der Waals surface area contributed by atoms with Crippen molar-refractivity contribution in [2.75, 3.05) is 0 Å². The molecular weight excluding hydrogens is 352 g/mol. The molecule has 4 rings (SSSR count). The van der Waals surface area contributed by atoms with Gasteiger partial charge >= 0.3 is 5.97 Å². The standard InChI is InChI=1S/C24H20O4/c1-14-9-10-21(25)19(11-14)16-12-20(23(24(27)28)22(26)13-16)18-8-4-6-15-5-2-3-7-17(15)18/h2-11,13,20,23,25H,12H2,1H3,(H,27,28). The van der Waals surface area contributed by atoms with Gasteiger partial charge in [0.2, 0.25) is 0 Å². The Labute approximate surface area is 162 Å². The van der Waals surface area contributed by atoms with Crippen LogP contribution >= 0.6 is 0 Å². The number of rotatable bonds is 3. The highest BCUT2D eigenvalue weighted by Gasteiger charge is 2.39. The van der Waals surface area contributed by atoms with Crippen LogP contribution in [0.4, 0.5) is 0 Å². The van der Waals surface area contributed by atoms with Gasteiger partial charge in [0.05, 0.1) is 0 Å². The normalized spacial score (nSPS) is 19.5. The fraction of sp³-hybridized carbons (Fsp3) is 0.167. The molecule has 0 bridgehead atoms. The van der Waals surface area contributed by atoms with Gasteiger partial charge in [0.25, 0.3) is 0 Å². The number of phenolic OH excluding ortho intramolecular Hbond substituents is 1. The van der Waals surface area contributed by atoms with Gasteiger partial charge in [0, 0.05) is 11.5 Å². The molecule has 0 spiro atoms. The van der Waals surface area contributed by atoms with E-state index in [1.54, 1.807) is 12.1 Å². The third-order valence-electron chi connectivity index (χ3n) is 5.45. The van der Waals surface area contributed by atoms with Crippen molar-refractivity contribution >= 4 is 28.1 Å². The molecule has 0 aromatic heterocycles. The second-order valence-electron chi connectivity index (χ2n) is 7.29. The van der Waals surface area contributed by atoms with Crippen LogP contribution in [0, 0.1) is 12.8 Å². The van der Waals surface area contributed by atoms with Gasteiger partial charge in [0.15, 0.2) is 5.78 Å². The number of benzene rings is 3. The maximum Gasteiger partial charge on any atom is 0.315 e. The number of aliphatic carboxylic acids is 1. The number of phenols is 1. The predicted molar refractivity (Wildman–Crippen MR) is 108 cm³/mol. The van der Waals surface area contributed by atoms with Crippen molar-refractivity contribution in [3.63, 3.8) is 0 Å². The Balaban J connectivity index is 1.88. The summed E-state index contributed by atoms with van der Waals surface area (Å²) >= 11 is 0. The first-order valence-corrected chi connectivity index (χ1v) is 9.20. The smallest absolute Gasteiger partial charge is 0.315 e. The fourth-order valence-electron chi connectivity index (χ4n) is 4.13. The summed E-state index contributed by atoms with van der Waals surface area (Å²) in [5.74, 6) is -3.10. The molecule has 0 heterocycles. The van der Waals surface area contributed by atoms with Crippen LogP contribution in [-0.2, 0) is 9.59 Å². The van der Waals surface area contributed by atoms with Crippen LogP contribution in [0.15, 0.2) is 66.7 Å². The summed E-state index contributed by atoms with van der Waals surface area (Å²) < 4.78 is 0. The molecule has 2 atom stereocenters. The Hall–Kier alpha value is -3.40. The minimum Gasteiger partial charge on any atom is -0.507 e. The summed E-state index contributed by atoms with van der Waals surface area (Å²) in [6.45, 7) is 1.91. The van der Waals surface area contributed by atoms with Crippen LogP contribution < -0.4 is 0 Å². The highest BCUT2D eigenvalue weighted by atomic mass is 16.4. The number of carboxylic acids is 1. The Bertz CT molecular complexity index is 1120. The van der Waals surface area contributed by atoms with Crippen LogP contribution in [0.25, 0.3) is 16.3 Å². The second-order valence-corrected chi connectivity index (χ2v) is 7.29. The van der Waals surface area contributed by atoms with Gasteiger partial charge in [-0.15, -0.1) is 0 Å². The summed E-state index contributed by atoms with van der Waals surface area (Å²) in [7, 11) is 0. The lowest BCUT2D eigenvalue weighted by Gasteiger charge is -2.29. The quantitative estimate of drug-likeness (QED) is 0.654. The number of hydrogen-bond acceptors (Lipinski definition) is 3. The van der Waals surface area contributed by atoms with Gasteiger partial charge in [0.1, 0.15) is 11.7 Å². The molecule has 140 valence electrons. The van der Waals surface area contributed by atoms with E-state index in [2.05, 4.69) is 0 Å². The van der Waals surface area contributed by atoms with E-state index in [1.807, 2.05) is 55.5 Å². The first kappa shape index (κ1) is 18.0. The highest BCUT2D eigenvalue weighted by molar-refractivity contribution is 6.11. The number of aromatic hydroxyl groups is 1. The largest absolute Gasteiger partial charge is 0.507 e. The average molecular weight is 372 g/mol.